The molecule has 206 valence electrons. The van der Waals surface area contributed by atoms with Crippen LogP contribution in [0.1, 0.15) is 99.3 Å². The Morgan fingerprint density at radius 1 is 1.08 bits per heavy atom. The van der Waals surface area contributed by atoms with Gasteiger partial charge < -0.3 is 14.2 Å². The van der Waals surface area contributed by atoms with E-state index in [4.69, 9.17) is 14.2 Å². The lowest BCUT2D eigenvalue weighted by molar-refractivity contribution is -0.165. The largest absolute Gasteiger partial charge is 0.494 e. The van der Waals surface area contributed by atoms with Crippen molar-refractivity contribution in [1.29, 1.82) is 0 Å². The zero-order valence-corrected chi connectivity index (χ0v) is 23.6. The first kappa shape index (κ1) is 26.7. The van der Waals surface area contributed by atoms with Crippen LogP contribution in [0.5, 0.6) is 0 Å². The van der Waals surface area contributed by atoms with Crippen molar-refractivity contribution in [3.63, 3.8) is 0 Å². The Bertz CT molecular complexity index is 984. The number of ketones is 1. The maximum absolute atomic E-state index is 14.1. The lowest BCUT2D eigenvalue weighted by Gasteiger charge is -2.60. The van der Waals surface area contributed by atoms with Gasteiger partial charge >= 0.3 is 11.9 Å². The van der Waals surface area contributed by atoms with E-state index < -0.39 is 0 Å². The smallest absolute Gasteiger partial charge is 0.302 e. The summed E-state index contributed by atoms with van der Waals surface area (Å²) in [5.41, 5.74) is 1.10. The normalized spacial score (nSPS) is 43.2. The van der Waals surface area contributed by atoms with E-state index in [0.29, 0.717) is 42.5 Å². The molecule has 4 aliphatic carbocycles. The molecule has 1 heterocycles. The molecule has 4 fully saturated rings. The molecule has 0 radical (unpaired) electrons. The van der Waals surface area contributed by atoms with Gasteiger partial charge in [-0.25, -0.2) is 0 Å². The third-order valence-electron chi connectivity index (χ3n) is 11.5. The standard InChI is InChI=1S/C31H46O6/c1-17(16-35-19(3)32)7-10-26-18(2)29-27(37-26)14-25-23-9-8-21-13-22(36-20(4)33)11-12-30(21,5)24(23)15-28(34)31(25,29)6/h17,21-25,27,29H,7-16H2,1-6H3/t17-,21+,22+,23+,24+,25+,27+,29-,30+,31-/m1/s1. The molecule has 6 nitrogen and oxygen atoms in total. The van der Waals surface area contributed by atoms with Crippen molar-refractivity contribution in [3.05, 3.63) is 11.3 Å². The molecule has 0 N–H and O–H groups in total. The Balaban J connectivity index is 1.30. The Morgan fingerprint density at radius 2 is 1.84 bits per heavy atom. The fourth-order valence-electron chi connectivity index (χ4n) is 9.55. The molecule has 0 amide bonds. The molecule has 1 aliphatic heterocycles. The summed E-state index contributed by atoms with van der Waals surface area (Å²) in [5, 5.41) is 0. The molecule has 0 spiro atoms. The van der Waals surface area contributed by atoms with Crippen LogP contribution in [-0.4, -0.2) is 36.5 Å². The first-order valence-corrected chi connectivity index (χ1v) is 14.6. The van der Waals surface area contributed by atoms with Gasteiger partial charge in [0.15, 0.2) is 0 Å². The molecule has 6 heteroatoms. The third-order valence-corrected chi connectivity index (χ3v) is 11.5. The van der Waals surface area contributed by atoms with Crippen LogP contribution in [0.15, 0.2) is 11.3 Å². The highest BCUT2D eigenvalue weighted by Crippen LogP contribution is 2.68. The maximum atomic E-state index is 14.1. The number of fused-ring (bicyclic) bond motifs is 7. The monoisotopic (exact) mass is 514 g/mol. The van der Waals surface area contributed by atoms with Crippen molar-refractivity contribution in [2.24, 2.45) is 46.3 Å². The van der Waals surface area contributed by atoms with Crippen molar-refractivity contribution in [3.8, 4) is 0 Å². The Kier molecular flexibility index (Phi) is 7.02. The number of hydrogen-bond acceptors (Lipinski definition) is 6. The highest BCUT2D eigenvalue weighted by molar-refractivity contribution is 5.87. The summed E-state index contributed by atoms with van der Waals surface area (Å²) in [6.07, 6.45) is 8.83. The molecule has 0 unspecified atom stereocenters. The van der Waals surface area contributed by atoms with Crippen LogP contribution >= 0.6 is 0 Å². The lowest BCUT2D eigenvalue weighted by atomic mass is 9.44. The van der Waals surface area contributed by atoms with Crippen LogP contribution in [0.2, 0.25) is 0 Å². The molecule has 5 rings (SSSR count). The van der Waals surface area contributed by atoms with Crippen molar-refractivity contribution < 1.29 is 28.6 Å². The predicted molar refractivity (Wildman–Crippen MR) is 139 cm³/mol. The van der Waals surface area contributed by atoms with Gasteiger partial charge in [0, 0.05) is 38.0 Å². The molecule has 5 aliphatic rings. The molecule has 10 atom stereocenters. The fraction of sp³-hybridized carbons (Fsp3) is 0.839. The van der Waals surface area contributed by atoms with Gasteiger partial charge in [-0.05, 0) is 92.4 Å². The number of allylic oxidation sites excluding steroid dienone is 1. The van der Waals surface area contributed by atoms with Crippen molar-refractivity contribution >= 4 is 17.7 Å². The second-order valence-corrected chi connectivity index (χ2v) is 13.5. The summed E-state index contributed by atoms with van der Waals surface area (Å²) in [7, 11) is 0. The Labute approximate surface area is 222 Å². The van der Waals surface area contributed by atoms with Crippen LogP contribution in [0.3, 0.4) is 0 Å². The van der Waals surface area contributed by atoms with Crippen molar-refractivity contribution in [1.82, 2.24) is 0 Å². The predicted octanol–water partition coefficient (Wildman–Crippen LogP) is 6.02. The molecule has 0 saturated heterocycles. The number of carbonyl (C=O) groups is 3. The van der Waals surface area contributed by atoms with Gasteiger partial charge in [-0.1, -0.05) is 20.8 Å². The quantitative estimate of drug-likeness (QED) is 0.404. The van der Waals surface area contributed by atoms with Crippen LogP contribution in [0, 0.1) is 46.3 Å². The summed E-state index contributed by atoms with van der Waals surface area (Å²) in [6, 6.07) is 0. The van der Waals surface area contributed by atoms with Gasteiger partial charge in [-0.2, -0.15) is 0 Å². The molecule has 37 heavy (non-hydrogen) atoms. The minimum atomic E-state index is -0.334. The first-order chi connectivity index (χ1) is 17.4. The second-order valence-electron chi connectivity index (χ2n) is 13.5. The van der Waals surface area contributed by atoms with Gasteiger partial charge in [0.2, 0.25) is 0 Å². The summed E-state index contributed by atoms with van der Waals surface area (Å²) in [6.45, 7) is 12.4. The van der Waals surface area contributed by atoms with Crippen LogP contribution in [0.25, 0.3) is 0 Å². The molecule has 0 aromatic carbocycles. The Morgan fingerprint density at radius 3 is 2.54 bits per heavy atom. The van der Waals surface area contributed by atoms with Crippen molar-refractivity contribution in [2.45, 2.75) is 112 Å². The number of carbonyl (C=O) groups excluding carboxylic acids is 3. The lowest BCUT2D eigenvalue weighted by Crippen LogP contribution is -2.57. The molecule has 0 aromatic rings. The van der Waals surface area contributed by atoms with Crippen LogP contribution in [-0.2, 0) is 28.6 Å². The van der Waals surface area contributed by atoms with Gasteiger partial charge in [-0.3, -0.25) is 14.4 Å². The van der Waals surface area contributed by atoms with Crippen LogP contribution < -0.4 is 0 Å². The van der Waals surface area contributed by atoms with E-state index in [-0.39, 0.29) is 46.8 Å². The SMILES string of the molecule is CC(=O)OC[C@H](C)CCC1=C(C)[C@@H]2[C@H](C[C@H]3[C@H]4CC[C@H]5C[C@@H](OC(C)=O)CC[C@]5(C)[C@H]4CC(=O)[C@]23C)O1. The van der Waals surface area contributed by atoms with Gasteiger partial charge in [0.25, 0.3) is 0 Å². The van der Waals surface area contributed by atoms with E-state index in [2.05, 4.69) is 27.7 Å². The average molecular weight is 515 g/mol. The van der Waals surface area contributed by atoms with E-state index in [0.717, 1.165) is 44.3 Å². The van der Waals surface area contributed by atoms with E-state index in [1.165, 1.54) is 32.3 Å². The minimum absolute atomic E-state index is 0.0406. The number of esters is 2. The van der Waals surface area contributed by atoms with E-state index in [9.17, 15) is 14.4 Å². The zero-order valence-electron chi connectivity index (χ0n) is 23.6. The van der Waals surface area contributed by atoms with Gasteiger partial charge in [-0.15, -0.1) is 0 Å². The molecule has 4 saturated carbocycles. The molecule has 0 bridgehead atoms. The number of rotatable bonds is 6. The highest BCUT2D eigenvalue weighted by atomic mass is 16.5. The maximum Gasteiger partial charge on any atom is 0.302 e. The van der Waals surface area contributed by atoms with Gasteiger partial charge in [0.05, 0.1) is 12.4 Å². The topological polar surface area (TPSA) is 78.9 Å². The van der Waals surface area contributed by atoms with Crippen LogP contribution in [0.4, 0.5) is 0 Å². The molecule has 0 aromatic heterocycles. The molecular formula is C31H46O6. The highest BCUT2D eigenvalue weighted by Gasteiger charge is 2.67. The third kappa shape index (κ3) is 4.44. The summed E-state index contributed by atoms with van der Waals surface area (Å²) in [5.74, 6) is 3.49. The first-order valence-electron chi connectivity index (χ1n) is 14.6. The van der Waals surface area contributed by atoms with E-state index in [1.807, 2.05) is 0 Å². The average Bonchev–Trinajstić information content (AvgIpc) is 3.31. The van der Waals surface area contributed by atoms with Crippen molar-refractivity contribution in [2.75, 3.05) is 6.61 Å². The fourth-order valence-corrected chi connectivity index (χ4v) is 9.55. The van der Waals surface area contributed by atoms with E-state index >= 15 is 0 Å². The minimum Gasteiger partial charge on any atom is -0.494 e. The van der Waals surface area contributed by atoms with E-state index in [1.54, 1.807) is 0 Å². The number of hydrogen-bond donors (Lipinski definition) is 0. The van der Waals surface area contributed by atoms with Gasteiger partial charge in [0.1, 0.15) is 18.0 Å². The summed E-state index contributed by atoms with van der Waals surface area (Å²) >= 11 is 0. The number of ether oxygens (including phenoxy) is 3. The molecular weight excluding hydrogens is 468 g/mol. The second kappa shape index (κ2) is 9.72. The summed E-state index contributed by atoms with van der Waals surface area (Å²) < 4.78 is 17.4. The Hall–Kier alpha value is -1.85. The number of Topliss-reactive ketones (excluding diaryl/α,β-unsaturated/α-hetero) is 1. The zero-order chi connectivity index (χ0) is 26.7. The summed E-state index contributed by atoms with van der Waals surface area (Å²) in [4.78, 5) is 36.8.